The van der Waals surface area contributed by atoms with Crippen LogP contribution in [0.1, 0.15) is 51.6 Å². The Morgan fingerprint density at radius 1 is 0.938 bits per heavy atom. The summed E-state index contributed by atoms with van der Waals surface area (Å²) in [7, 11) is 0. The van der Waals surface area contributed by atoms with Crippen LogP contribution in [0.2, 0.25) is 10.0 Å². The zero-order valence-corrected chi connectivity index (χ0v) is 18.6. The summed E-state index contributed by atoms with van der Waals surface area (Å²) in [4.78, 5) is 41.4. The van der Waals surface area contributed by atoms with Crippen LogP contribution in [0.25, 0.3) is 0 Å². The summed E-state index contributed by atoms with van der Waals surface area (Å²) in [6.07, 6.45) is 2.44. The van der Waals surface area contributed by atoms with Gasteiger partial charge in [0.1, 0.15) is 6.54 Å². The number of imide groups is 1. The maximum Gasteiger partial charge on any atom is 0.262 e. The van der Waals surface area contributed by atoms with Gasteiger partial charge in [-0.25, -0.2) is 0 Å². The zero-order valence-electron chi connectivity index (χ0n) is 17.1. The largest absolute Gasteiger partial charge is 0.490 e. The van der Waals surface area contributed by atoms with Crippen LogP contribution in [0.3, 0.4) is 0 Å². The molecule has 5 rings (SSSR count). The normalized spacial score (nSPS) is 19.9. The van der Waals surface area contributed by atoms with Crippen LogP contribution >= 0.6 is 23.2 Å². The molecular weight excluding hydrogens is 455 g/mol. The second-order valence-corrected chi connectivity index (χ2v) is 8.82. The highest BCUT2D eigenvalue weighted by atomic mass is 35.5. The van der Waals surface area contributed by atoms with Crippen LogP contribution in [-0.2, 0) is 4.79 Å². The van der Waals surface area contributed by atoms with Crippen molar-refractivity contribution in [3.63, 3.8) is 0 Å². The van der Waals surface area contributed by atoms with E-state index in [-0.39, 0.29) is 39.7 Å². The Balaban J connectivity index is 1.35. The zero-order chi connectivity index (χ0) is 22.4. The molecule has 7 nitrogen and oxygen atoms in total. The van der Waals surface area contributed by atoms with Crippen molar-refractivity contribution in [1.29, 1.82) is 0 Å². The molecule has 0 saturated carbocycles. The third kappa shape index (κ3) is 3.59. The third-order valence-corrected chi connectivity index (χ3v) is 6.76. The number of benzene rings is 2. The van der Waals surface area contributed by atoms with Gasteiger partial charge in [-0.1, -0.05) is 29.3 Å². The van der Waals surface area contributed by atoms with Gasteiger partial charge in [0.15, 0.2) is 11.5 Å². The summed E-state index contributed by atoms with van der Waals surface area (Å²) >= 11 is 12.0. The number of ether oxygens (including phenoxy) is 2. The number of carbonyl (C=O) groups is 3. The van der Waals surface area contributed by atoms with E-state index in [0.29, 0.717) is 31.3 Å². The van der Waals surface area contributed by atoms with E-state index < -0.39 is 11.8 Å². The Morgan fingerprint density at radius 2 is 1.59 bits per heavy atom. The maximum atomic E-state index is 13.2. The number of hydrogen-bond acceptors (Lipinski definition) is 5. The van der Waals surface area contributed by atoms with Crippen molar-refractivity contribution in [2.75, 3.05) is 26.3 Å². The molecule has 3 aliphatic heterocycles. The molecule has 0 spiro atoms. The Bertz CT molecular complexity index is 1090. The second kappa shape index (κ2) is 8.30. The van der Waals surface area contributed by atoms with Crippen LogP contribution < -0.4 is 9.47 Å². The molecular formula is C23H20Cl2N2O5. The molecule has 0 bridgehead atoms. The minimum atomic E-state index is -0.539. The van der Waals surface area contributed by atoms with Crippen molar-refractivity contribution >= 4 is 40.9 Å². The Kier molecular flexibility index (Phi) is 5.47. The first kappa shape index (κ1) is 21.1. The maximum absolute atomic E-state index is 13.2. The monoisotopic (exact) mass is 474 g/mol. The Morgan fingerprint density at radius 3 is 2.28 bits per heavy atom. The average Bonchev–Trinajstić information content (AvgIpc) is 3.25. The quantitative estimate of drug-likeness (QED) is 0.625. The predicted molar refractivity (Wildman–Crippen MR) is 118 cm³/mol. The minimum absolute atomic E-state index is 0.154. The lowest BCUT2D eigenvalue weighted by Gasteiger charge is -2.27. The van der Waals surface area contributed by atoms with Crippen molar-refractivity contribution in [3.05, 3.63) is 57.1 Å². The van der Waals surface area contributed by atoms with Gasteiger partial charge in [0, 0.05) is 13.0 Å². The van der Waals surface area contributed by atoms with Gasteiger partial charge in [-0.2, -0.15) is 0 Å². The van der Waals surface area contributed by atoms with E-state index in [4.69, 9.17) is 32.7 Å². The highest BCUT2D eigenvalue weighted by molar-refractivity contribution is 6.43. The summed E-state index contributed by atoms with van der Waals surface area (Å²) < 4.78 is 11.5. The van der Waals surface area contributed by atoms with Gasteiger partial charge in [0.25, 0.3) is 11.8 Å². The number of amides is 3. The predicted octanol–water partition coefficient (Wildman–Crippen LogP) is 4.11. The van der Waals surface area contributed by atoms with E-state index in [1.807, 2.05) is 18.2 Å². The number of fused-ring (bicyclic) bond motifs is 2. The summed E-state index contributed by atoms with van der Waals surface area (Å²) in [5.41, 5.74) is 1.28. The number of halogens is 2. The first-order chi connectivity index (χ1) is 15.4. The molecule has 166 valence electrons. The number of hydrogen-bond donors (Lipinski definition) is 0. The number of likely N-dealkylation sites (tertiary alicyclic amines) is 1. The van der Waals surface area contributed by atoms with Gasteiger partial charge < -0.3 is 14.4 Å². The van der Waals surface area contributed by atoms with E-state index >= 15 is 0 Å². The Hall–Kier alpha value is -2.77. The molecule has 2 aromatic carbocycles. The third-order valence-electron chi connectivity index (χ3n) is 6.03. The first-order valence-corrected chi connectivity index (χ1v) is 11.2. The fourth-order valence-electron chi connectivity index (χ4n) is 4.45. The molecule has 3 heterocycles. The fourth-order valence-corrected chi connectivity index (χ4v) is 4.78. The van der Waals surface area contributed by atoms with E-state index in [9.17, 15) is 14.4 Å². The van der Waals surface area contributed by atoms with Crippen molar-refractivity contribution in [1.82, 2.24) is 9.80 Å². The van der Waals surface area contributed by atoms with Crippen LogP contribution in [-0.4, -0.2) is 53.8 Å². The number of rotatable bonds is 3. The minimum Gasteiger partial charge on any atom is -0.490 e. The lowest BCUT2D eigenvalue weighted by molar-refractivity contribution is -0.132. The average molecular weight is 475 g/mol. The van der Waals surface area contributed by atoms with E-state index in [1.54, 1.807) is 4.90 Å². The summed E-state index contributed by atoms with van der Waals surface area (Å²) in [6, 6.07) is 8.33. The molecule has 1 atom stereocenters. The van der Waals surface area contributed by atoms with Gasteiger partial charge in [0.05, 0.1) is 40.4 Å². The highest BCUT2D eigenvalue weighted by Crippen LogP contribution is 2.38. The van der Waals surface area contributed by atoms with E-state index in [0.717, 1.165) is 29.7 Å². The van der Waals surface area contributed by atoms with Gasteiger partial charge in [-0.15, -0.1) is 0 Å². The first-order valence-electron chi connectivity index (χ1n) is 10.5. The van der Waals surface area contributed by atoms with E-state index in [1.165, 1.54) is 12.1 Å². The van der Waals surface area contributed by atoms with E-state index in [2.05, 4.69) is 0 Å². The van der Waals surface area contributed by atoms with Crippen molar-refractivity contribution in [2.45, 2.75) is 25.3 Å². The molecule has 0 N–H and O–H groups in total. The van der Waals surface area contributed by atoms with Crippen molar-refractivity contribution < 1.29 is 23.9 Å². The molecule has 2 aromatic rings. The summed E-state index contributed by atoms with van der Waals surface area (Å²) in [6.45, 7) is 1.41. The molecule has 0 radical (unpaired) electrons. The highest BCUT2D eigenvalue weighted by Gasteiger charge is 2.40. The molecule has 0 aliphatic carbocycles. The lowest BCUT2D eigenvalue weighted by atomic mass is 10.0. The molecule has 0 aromatic heterocycles. The second-order valence-electron chi connectivity index (χ2n) is 8.01. The van der Waals surface area contributed by atoms with Crippen molar-refractivity contribution in [3.8, 4) is 11.5 Å². The van der Waals surface area contributed by atoms with Gasteiger partial charge in [-0.05, 0) is 42.7 Å². The van der Waals surface area contributed by atoms with Crippen molar-refractivity contribution in [2.24, 2.45) is 0 Å². The number of carbonyl (C=O) groups excluding carboxylic acids is 3. The molecule has 32 heavy (non-hydrogen) atoms. The van der Waals surface area contributed by atoms with Gasteiger partial charge >= 0.3 is 0 Å². The SMILES string of the molecule is O=C1c2cc(Cl)c(Cl)cc2C(=O)N1CC(=O)N1CCCC1c1ccc2c(c1)OCCCO2. The fraction of sp³-hybridized carbons (Fsp3) is 0.348. The molecule has 9 heteroatoms. The molecule has 1 unspecified atom stereocenters. The molecule has 3 aliphatic rings. The smallest absolute Gasteiger partial charge is 0.262 e. The molecule has 3 amide bonds. The topological polar surface area (TPSA) is 76.2 Å². The standard InChI is InChI=1S/C23H20Cl2N2O5/c24-16-10-14-15(11-17(16)25)23(30)27(22(14)29)12-21(28)26-6-1-3-18(26)13-4-5-19-20(9-13)32-8-2-7-31-19/h4-5,9-11,18H,1-3,6-8,12H2. The Labute approximate surface area is 194 Å². The van der Waals surface area contributed by atoms with Crippen LogP contribution in [0.5, 0.6) is 11.5 Å². The summed E-state index contributed by atoms with van der Waals surface area (Å²) in [5.74, 6) is 0.0108. The van der Waals surface area contributed by atoms with Crippen LogP contribution in [0.15, 0.2) is 30.3 Å². The van der Waals surface area contributed by atoms with Gasteiger partial charge in [-0.3, -0.25) is 19.3 Å². The van der Waals surface area contributed by atoms with Crippen LogP contribution in [0, 0.1) is 0 Å². The number of nitrogens with zero attached hydrogens (tertiary/aromatic N) is 2. The van der Waals surface area contributed by atoms with Crippen LogP contribution in [0.4, 0.5) is 0 Å². The summed E-state index contributed by atoms with van der Waals surface area (Å²) in [5, 5.41) is 0.377. The molecule has 1 saturated heterocycles. The molecule has 1 fully saturated rings. The van der Waals surface area contributed by atoms with Gasteiger partial charge in [0.2, 0.25) is 5.91 Å². The lowest BCUT2D eigenvalue weighted by Crippen LogP contribution is -2.42.